The van der Waals surface area contributed by atoms with Crippen LogP contribution in [0.2, 0.25) is 0 Å². The van der Waals surface area contributed by atoms with E-state index in [2.05, 4.69) is 4.98 Å². The number of nitrogens with zero attached hydrogens (tertiary/aromatic N) is 1. The van der Waals surface area contributed by atoms with Gasteiger partial charge in [0.2, 0.25) is 0 Å². The van der Waals surface area contributed by atoms with Crippen molar-refractivity contribution in [3.05, 3.63) is 44.6 Å². The first kappa shape index (κ1) is 17.4. The van der Waals surface area contributed by atoms with Gasteiger partial charge in [0, 0.05) is 16.2 Å². The summed E-state index contributed by atoms with van der Waals surface area (Å²) in [6.45, 7) is 0. The van der Waals surface area contributed by atoms with E-state index in [9.17, 15) is 4.79 Å². The van der Waals surface area contributed by atoms with Crippen molar-refractivity contribution in [3.8, 4) is 11.5 Å². The summed E-state index contributed by atoms with van der Waals surface area (Å²) in [4.78, 5) is 22.5. The van der Waals surface area contributed by atoms with E-state index >= 15 is 0 Å². The Hall–Kier alpha value is -1.99. The zero-order chi connectivity index (χ0) is 18.1. The Morgan fingerprint density at radius 1 is 1.23 bits per heavy atom. The second kappa shape index (κ2) is 7.32. The summed E-state index contributed by atoms with van der Waals surface area (Å²) < 4.78 is 10.7. The van der Waals surface area contributed by atoms with Gasteiger partial charge in [-0.15, -0.1) is 11.3 Å². The number of hydrogen-bond acceptors (Lipinski definition) is 6. The van der Waals surface area contributed by atoms with Crippen LogP contribution in [-0.4, -0.2) is 24.2 Å². The van der Waals surface area contributed by atoms with Gasteiger partial charge in [0.1, 0.15) is 16.3 Å². The first-order valence-electron chi connectivity index (χ1n) is 8.58. The number of thiophene rings is 1. The van der Waals surface area contributed by atoms with Crippen LogP contribution in [0.15, 0.2) is 28.2 Å². The molecule has 0 fully saturated rings. The molecule has 0 radical (unpaired) electrons. The lowest BCUT2D eigenvalue weighted by atomic mass is 9.97. The molecule has 0 amide bonds. The Bertz CT molecular complexity index is 1010. The maximum atomic E-state index is 12.6. The predicted octanol–water partition coefficient (Wildman–Crippen LogP) is 4.17. The van der Waals surface area contributed by atoms with Gasteiger partial charge >= 0.3 is 0 Å². The number of aromatic amines is 1. The molecular formula is C19H20N2O3S2. The van der Waals surface area contributed by atoms with Gasteiger partial charge in [-0.05, 0) is 49.4 Å². The predicted molar refractivity (Wildman–Crippen MR) is 106 cm³/mol. The normalized spacial score (nSPS) is 13.6. The average molecular weight is 389 g/mol. The van der Waals surface area contributed by atoms with Gasteiger partial charge in [-0.25, -0.2) is 4.98 Å². The number of rotatable bonds is 5. The van der Waals surface area contributed by atoms with Gasteiger partial charge in [0.05, 0.1) is 19.6 Å². The first-order chi connectivity index (χ1) is 12.7. The zero-order valence-corrected chi connectivity index (χ0v) is 16.4. The quantitative estimate of drug-likeness (QED) is 0.525. The van der Waals surface area contributed by atoms with Crippen molar-refractivity contribution in [1.82, 2.24) is 9.97 Å². The largest absolute Gasteiger partial charge is 0.497 e. The number of H-pyrrole nitrogens is 1. The van der Waals surface area contributed by atoms with Gasteiger partial charge in [-0.2, -0.15) is 0 Å². The Morgan fingerprint density at radius 2 is 2.08 bits per heavy atom. The standard InChI is InChI=1S/C19H20N2O3S2/c1-23-12-7-8-14(24-2)11(9-12)10-25-19-20-17(22)16-13-5-3-4-6-15(13)26-18(16)21-19/h7-9H,3-6,10H2,1-2H3,(H,20,21,22). The number of fused-ring (bicyclic) bond motifs is 3. The highest BCUT2D eigenvalue weighted by molar-refractivity contribution is 7.98. The SMILES string of the molecule is COc1ccc(OC)c(CSc2nc3sc4c(c3c(=O)[nH]2)CCCC4)c1. The summed E-state index contributed by atoms with van der Waals surface area (Å²) in [7, 11) is 3.29. The summed E-state index contributed by atoms with van der Waals surface area (Å²) in [6, 6.07) is 5.71. The lowest BCUT2D eigenvalue weighted by molar-refractivity contribution is 0.400. The summed E-state index contributed by atoms with van der Waals surface area (Å²) in [5.41, 5.74) is 2.20. The molecule has 0 saturated heterocycles. The van der Waals surface area contributed by atoms with Gasteiger partial charge < -0.3 is 14.5 Å². The highest BCUT2D eigenvalue weighted by atomic mass is 32.2. The van der Waals surface area contributed by atoms with Crippen molar-refractivity contribution >= 4 is 33.3 Å². The molecule has 0 atom stereocenters. The molecule has 3 aromatic rings. The van der Waals surface area contributed by atoms with Crippen LogP contribution in [-0.2, 0) is 18.6 Å². The molecule has 1 aliphatic carbocycles. The number of aromatic nitrogens is 2. The van der Waals surface area contributed by atoms with E-state index in [0.717, 1.165) is 46.5 Å². The van der Waals surface area contributed by atoms with Gasteiger partial charge in [0.15, 0.2) is 5.16 Å². The minimum atomic E-state index is -0.0190. The Labute approximate surface area is 159 Å². The molecule has 0 saturated carbocycles. The van der Waals surface area contributed by atoms with Crippen LogP contribution < -0.4 is 15.0 Å². The molecule has 0 unspecified atom stereocenters. The van der Waals surface area contributed by atoms with Crippen molar-refractivity contribution in [1.29, 1.82) is 0 Å². The van der Waals surface area contributed by atoms with Crippen LogP contribution in [0.1, 0.15) is 28.8 Å². The Balaban J connectivity index is 1.63. The summed E-state index contributed by atoms with van der Waals surface area (Å²) in [6.07, 6.45) is 4.42. The molecular weight excluding hydrogens is 368 g/mol. The van der Waals surface area contributed by atoms with Crippen LogP contribution in [0.25, 0.3) is 10.2 Å². The fraction of sp³-hybridized carbons (Fsp3) is 0.368. The average Bonchev–Trinajstić information content (AvgIpc) is 3.04. The summed E-state index contributed by atoms with van der Waals surface area (Å²) in [5, 5.41) is 1.44. The Kier molecular flexibility index (Phi) is 4.91. The van der Waals surface area contributed by atoms with Gasteiger partial charge in [-0.1, -0.05) is 11.8 Å². The van der Waals surface area contributed by atoms with Crippen molar-refractivity contribution in [2.24, 2.45) is 0 Å². The molecule has 0 aliphatic heterocycles. The third-order valence-electron chi connectivity index (χ3n) is 4.66. The van der Waals surface area contributed by atoms with Gasteiger partial charge in [-0.3, -0.25) is 4.79 Å². The smallest absolute Gasteiger partial charge is 0.260 e. The second-order valence-corrected chi connectivity index (χ2v) is 8.28. The van der Waals surface area contributed by atoms with Crippen molar-refractivity contribution in [3.63, 3.8) is 0 Å². The molecule has 1 aromatic carbocycles. The minimum Gasteiger partial charge on any atom is -0.497 e. The van der Waals surface area contributed by atoms with Crippen LogP contribution in [0.4, 0.5) is 0 Å². The lowest BCUT2D eigenvalue weighted by Gasteiger charge is -2.10. The maximum absolute atomic E-state index is 12.6. The fourth-order valence-corrected chi connectivity index (χ4v) is 5.51. The van der Waals surface area contributed by atoms with E-state index < -0.39 is 0 Å². The molecule has 136 valence electrons. The highest BCUT2D eigenvalue weighted by Gasteiger charge is 2.20. The molecule has 2 aromatic heterocycles. The van der Waals surface area contributed by atoms with Crippen LogP contribution in [0, 0.1) is 0 Å². The highest BCUT2D eigenvalue weighted by Crippen LogP contribution is 2.35. The number of aryl methyl sites for hydroxylation is 2. The maximum Gasteiger partial charge on any atom is 0.260 e. The topological polar surface area (TPSA) is 64.2 Å². The second-order valence-electron chi connectivity index (χ2n) is 6.23. The van der Waals surface area contributed by atoms with Crippen molar-refractivity contribution in [2.75, 3.05) is 14.2 Å². The number of thioether (sulfide) groups is 1. The molecule has 0 bridgehead atoms. The molecule has 7 heteroatoms. The number of hydrogen-bond donors (Lipinski definition) is 1. The number of methoxy groups -OCH3 is 2. The molecule has 5 nitrogen and oxygen atoms in total. The first-order valence-corrected chi connectivity index (χ1v) is 10.4. The number of ether oxygens (including phenoxy) is 2. The molecule has 2 heterocycles. The molecule has 0 spiro atoms. The van der Waals surface area contributed by atoms with Crippen LogP contribution in [0.3, 0.4) is 0 Å². The van der Waals surface area contributed by atoms with Crippen molar-refractivity contribution < 1.29 is 9.47 Å². The van der Waals surface area contributed by atoms with E-state index in [1.165, 1.54) is 28.6 Å². The van der Waals surface area contributed by atoms with Crippen LogP contribution >= 0.6 is 23.1 Å². The summed E-state index contributed by atoms with van der Waals surface area (Å²) in [5.74, 6) is 2.22. The summed E-state index contributed by atoms with van der Waals surface area (Å²) >= 11 is 3.18. The molecule has 4 rings (SSSR count). The monoisotopic (exact) mass is 388 g/mol. The third kappa shape index (κ3) is 3.21. The molecule has 1 aliphatic rings. The minimum absolute atomic E-state index is 0.0190. The van der Waals surface area contributed by atoms with E-state index in [-0.39, 0.29) is 5.56 Å². The van der Waals surface area contributed by atoms with E-state index in [0.29, 0.717) is 10.9 Å². The van der Waals surface area contributed by atoms with Gasteiger partial charge in [0.25, 0.3) is 5.56 Å². The van der Waals surface area contributed by atoms with E-state index in [1.807, 2.05) is 18.2 Å². The lowest BCUT2D eigenvalue weighted by Crippen LogP contribution is -2.11. The zero-order valence-electron chi connectivity index (χ0n) is 14.8. The third-order valence-corrected chi connectivity index (χ3v) is 6.76. The molecule has 1 N–H and O–H groups in total. The fourth-order valence-electron chi connectivity index (χ4n) is 3.35. The van der Waals surface area contributed by atoms with E-state index in [4.69, 9.17) is 14.5 Å². The van der Waals surface area contributed by atoms with Crippen LogP contribution in [0.5, 0.6) is 11.5 Å². The molecule has 26 heavy (non-hydrogen) atoms. The van der Waals surface area contributed by atoms with Crippen molar-refractivity contribution in [2.45, 2.75) is 36.6 Å². The number of benzene rings is 1. The number of nitrogens with one attached hydrogen (secondary N) is 1. The van der Waals surface area contributed by atoms with E-state index in [1.54, 1.807) is 25.6 Å². The Morgan fingerprint density at radius 3 is 2.88 bits per heavy atom.